The minimum Gasteiger partial charge on any atom is -0.381 e. The molecular formula is C30H24N2. The molecule has 0 saturated heterocycles. The van der Waals surface area contributed by atoms with Crippen LogP contribution in [-0.2, 0) is 0 Å². The normalized spacial score (nSPS) is 11.4. The van der Waals surface area contributed by atoms with Crippen molar-refractivity contribution in [3.63, 3.8) is 0 Å². The lowest BCUT2D eigenvalue weighted by molar-refractivity contribution is 1.32. The van der Waals surface area contributed by atoms with E-state index in [9.17, 15) is 0 Å². The van der Waals surface area contributed by atoms with Crippen molar-refractivity contribution in [2.75, 3.05) is 11.9 Å². The Morgan fingerprint density at radius 1 is 0.688 bits per heavy atom. The first-order chi connectivity index (χ1) is 15.9. The molecule has 0 spiro atoms. The number of fused-ring (bicyclic) bond motifs is 1. The molecule has 0 bridgehead atoms. The lowest BCUT2D eigenvalue weighted by atomic mass is 9.91. The van der Waals surface area contributed by atoms with Crippen LogP contribution in [0.2, 0.25) is 0 Å². The van der Waals surface area contributed by atoms with E-state index in [2.05, 4.69) is 108 Å². The highest BCUT2D eigenvalue weighted by Gasteiger charge is 2.14. The number of hydrogen-bond donors (Lipinski definition) is 1. The van der Waals surface area contributed by atoms with Crippen molar-refractivity contribution < 1.29 is 0 Å². The third kappa shape index (κ3) is 4.30. The summed E-state index contributed by atoms with van der Waals surface area (Å²) in [7, 11) is 0. The van der Waals surface area contributed by atoms with Gasteiger partial charge in [-0.2, -0.15) is 0 Å². The summed E-state index contributed by atoms with van der Waals surface area (Å²) in [6.45, 7) is 0.693. The minimum absolute atomic E-state index is 0.693. The van der Waals surface area contributed by atoms with Gasteiger partial charge < -0.3 is 5.32 Å². The molecule has 2 nitrogen and oxygen atoms in total. The number of benzene rings is 4. The van der Waals surface area contributed by atoms with E-state index in [0.29, 0.717) is 6.54 Å². The van der Waals surface area contributed by atoms with Gasteiger partial charge in [-0.3, -0.25) is 4.98 Å². The average molecular weight is 413 g/mol. The first-order valence-corrected chi connectivity index (χ1v) is 10.9. The van der Waals surface area contributed by atoms with E-state index in [1.54, 1.807) is 0 Å². The van der Waals surface area contributed by atoms with Gasteiger partial charge >= 0.3 is 0 Å². The minimum atomic E-state index is 0.693. The predicted octanol–water partition coefficient (Wildman–Crippen LogP) is 7.55. The van der Waals surface area contributed by atoms with Crippen LogP contribution < -0.4 is 5.32 Å². The Morgan fingerprint density at radius 2 is 1.31 bits per heavy atom. The highest BCUT2D eigenvalue weighted by atomic mass is 14.9. The van der Waals surface area contributed by atoms with Gasteiger partial charge in [0.15, 0.2) is 0 Å². The van der Waals surface area contributed by atoms with E-state index < -0.39 is 0 Å². The molecule has 0 fully saturated rings. The first-order valence-electron chi connectivity index (χ1n) is 10.9. The van der Waals surface area contributed by atoms with Gasteiger partial charge in [-0.25, -0.2) is 0 Å². The molecule has 0 aliphatic rings. The lowest BCUT2D eigenvalue weighted by Gasteiger charge is -2.17. The van der Waals surface area contributed by atoms with Crippen molar-refractivity contribution in [2.24, 2.45) is 0 Å². The Morgan fingerprint density at radius 3 is 2.06 bits per heavy atom. The zero-order valence-electron chi connectivity index (χ0n) is 17.8. The standard InChI is InChI=1S/C30H24N2/c1-4-12-23(13-5-1)20-25(21-31-26-16-8-3-9-17-26)28-22-32-29-19-11-10-18-27(29)30(28)24-14-6-2-7-15-24/h1-20,22,31H,21H2/b25-20+. The van der Waals surface area contributed by atoms with Crippen molar-refractivity contribution in [3.8, 4) is 11.1 Å². The second-order valence-electron chi connectivity index (χ2n) is 7.73. The number of anilines is 1. The van der Waals surface area contributed by atoms with E-state index in [4.69, 9.17) is 4.98 Å². The van der Waals surface area contributed by atoms with Gasteiger partial charge in [0.2, 0.25) is 0 Å². The Hall–Kier alpha value is -4.17. The number of rotatable bonds is 6. The smallest absolute Gasteiger partial charge is 0.0708 e. The first kappa shape index (κ1) is 19.8. The molecule has 4 aromatic carbocycles. The molecule has 0 aliphatic heterocycles. The van der Waals surface area contributed by atoms with Crippen LogP contribution >= 0.6 is 0 Å². The van der Waals surface area contributed by atoms with E-state index >= 15 is 0 Å². The summed E-state index contributed by atoms with van der Waals surface area (Å²) in [6.07, 6.45) is 4.28. The van der Waals surface area contributed by atoms with Crippen LogP contribution in [0.1, 0.15) is 11.1 Å². The van der Waals surface area contributed by atoms with Crippen LogP contribution in [0.15, 0.2) is 121 Å². The van der Waals surface area contributed by atoms with Gasteiger partial charge in [-0.15, -0.1) is 0 Å². The van der Waals surface area contributed by atoms with Crippen molar-refractivity contribution in [2.45, 2.75) is 0 Å². The zero-order valence-corrected chi connectivity index (χ0v) is 17.8. The van der Waals surface area contributed by atoms with E-state index in [1.165, 1.54) is 22.3 Å². The third-order valence-corrected chi connectivity index (χ3v) is 5.58. The van der Waals surface area contributed by atoms with Crippen molar-refractivity contribution in [3.05, 3.63) is 133 Å². The number of para-hydroxylation sites is 2. The number of nitrogens with one attached hydrogen (secondary N) is 1. The fourth-order valence-electron chi connectivity index (χ4n) is 4.03. The van der Waals surface area contributed by atoms with Crippen molar-refractivity contribution in [1.29, 1.82) is 0 Å². The predicted molar refractivity (Wildman–Crippen MR) is 136 cm³/mol. The topological polar surface area (TPSA) is 24.9 Å². The molecular weight excluding hydrogens is 388 g/mol. The van der Waals surface area contributed by atoms with Crippen LogP contribution in [0.4, 0.5) is 5.69 Å². The Kier molecular flexibility index (Phi) is 5.76. The van der Waals surface area contributed by atoms with Gasteiger partial charge in [0.1, 0.15) is 0 Å². The van der Waals surface area contributed by atoms with Crippen LogP contribution in [0, 0.1) is 0 Å². The maximum Gasteiger partial charge on any atom is 0.0708 e. The highest BCUT2D eigenvalue weighted by Crippen LogP contribution is 2.35. The molecule has 2 heteroatoms. The summed E-state index contributed by atoms with van der Waals surface area (Å²) in [5.41, 5.74) is 8.02. The third-order valence-electron chi connectivity index (χ3n) is 5.58. The largest absolute Gasteiger partial charge is 0.381 e. The van der Waals surface area contributed by atoms with Gasteiger partial charge in [-0.05, 0) is 41.0 Å². The molecule has 0 saturated carbocycles. The molecule has 1 aromatic heterocycles. The molecule has 32 heavy (non-hydrogen) atoms. The SMILES string of the molecule is C(=C(/CNc1ccccc1)c1cnc2ccccc2c1-c1ccccc1)/c1ccccc1. The van der Waals surface area contributed by atoms with Gasteiger partial charge in [0.25, 0.3) is 0 Å². The second-order valence-corrected chi connectivity index (χ2v) is 7.73. The summed E-state index contributed by atoms with van der Waals surface area (Å²) >= 11 is 0. The maximum atomic E-state index is 4.82. The molecule has 0 unspecified atom stereocenters. The highest BCUT2D eigenvalue weighted by molar-refractivity contribution is 6.02. The molecule has 0 amide bonds. The number of pyridine rings is 1. The molecule has 1 heterocycles. The van der Waals surface area contributed by atoms with Gasteiger partial charge in [0.05, 0.1) is 5.52 Å². The number of hydrogen-bond acceptors (Lipinski definition) is 2. The fraction of sp³-hybridized carbons (Fsp3) is 0.0333. The molecule has 0 radical (unpaired) electrons. The molecule has 5 rings (SSSR count). The Labute approximate surface area is 188 Å². The van der Waals surface area contributed by atoms with Gasteiger partial charge in [-0.1, -0.05) is 97.1 Å². The van der Waals surface area contributed by atoms with E-state index in [0.717, 1.165) is 22.2 Å². The van der Waals surface area contributed by atoms with Crippen LogP contribution in [0.25, 0.3) is 33.7 Å². The monoisotopic (exact) mass is 412 g/mol. The Bertz CT molecular complexity index is 1340. The molecule has 0 atom stereocenters. The average Bonchev–Trinajstić information content (AvgIpc) is 2.87. The van der Waals surface area contributed by atoms with Crippen LogP contribution in [-0.4, -0.2) is 11.5 Å². The van der Waals surface area contributed by atoms with Crippen LogP contribution in [0.5, 0.6) is 0 Å². The number of nitrogens with zero attached hydrogens (tertiary/aromatic N) is 1. The lowest BCUT2D eigenvalue weighted by Crippen LogP contribution is -2.06. The summed E-state index contributed by atoms with van der Waals surface area (Å²) in [5.74, 6) is 0. The fourth-order valence-corrected chi connectivity index (χ4v) is 4.03. The Balaban J connectivity index is 1.68. The van der Waals surface area contributed by atoms with Gasteiger partial charge in [0, 0.05) is 34.9 Å². The summed E-state index contributed by atoms with van der Waals surface area (Å²) in [5, 5.41) is 4.76. The maximum absolute atomic E-state index is 4.82. The zero-order chi connectivity index (χ0) is 21.6. The second kappa shape index (κ2) is 9.32. The van der Waals surface area contributed by atoms with Crippen molar-refractivity contribution >= 4 is 28.2 Å². The van der Waals surface area contributed by atoms with E-state index in [-0.39, 0.29) is 0 Å². The quantitative estimate of drug-likeness (QED) is 0.311. The van der Waals surface area contributed by atoms with Crippen LogP contribution in [0.3, 0.4) is 0 Å². The molecule has 5 aromatic rings. The molecule has 154 valence electrons. The summed E-state index contributed by atoms with van der Waals surface area (Å²) in [4.78, 5) is 4.82. The van der Waals surface area contributed by atoms with E-state index in [1.807, 2.05) is 24.4 Å². The summed E-state index contributed by atoms with van der Waals surface area (Å²) in [6, 6.07) is 39.8. The molecule has 0 aliphatic carbocycles. The summed E-state index contributed by atoms with van der Waals surface area (Å²) < 4.78 is 0. The number of aromatic nitrogens is 1. The molecule has 1 N–H and O–H groups in total. The van der Waals surface area contributed by atoms with Crippen molar-refractivity contribution in [1.82, 2.24) is 4.98 Å².